The molecule has 0 aromatic heterocycles. The van der Waals surface area contributed by atoms with E-state index >= 15 is 0 Å². The Morgan fingerprint density at radius 1 is 1.38 bits per heavy atom. The summed E-state index contributed by atoms with van der Waals surface area (Å²) in [7, 11) is 0. The maximum atomic E-state index is 12.3. The lowest BCUT2D eigenvalue weighted by molar-refractivity contribution is -0.125. The predicted molar refractivity (Wildman–Crippen MR) is 89.2 cm³/mol. The van der Waals surface area contributed by atoms with Gasteiger partial charge in [0.15, 0.2) is 0 Å². The number of carbonyl (C=O) groups is 1. The maximum absolute atomic E-state index is 12.3. The van der Waals surface area contributed by atoms with Crippen molar-refractivity contribution in [2.45, 2.75) is 77.8 Å². The number of hydrogen-bond donors (Lipinski definition) is 2. The van der Waals surface area contributed by atoms with Crippen LogP contribution in [0.3, 0.4) is 0 Å². The van der Waals surface area contributed by atoms with Gasteiger partial charge in [-0.25, -0.2) is 0 Å². The number of rotatable bonds is 8. The first-order valence-corrected chi connectivity index (χ1v) is 8.71. The number of nitrogens with two attached hydrogens (primary N) is 1. The monoisotopic (exact) mass is 297 g/mol. The highest BCUT2D eigenvalue weighted by Crippen LogP contribution is 2.35. The van der Waals surface area contributed by atoms with E-state index in [2.05, 4.69) is 37.9 Å². The fraction of sp³-hybridized carbons (Fsp3) is 0.941. The third-order valence-corrected chi connectivity index (χ3v) is 5.10. The molecule has 4 heteroatoms. The van der Waals surface area contributed by atoms with E-state index in [1.807, 2.05) is 0 Å². The Morgan fingerprint density at radius 3 is 2.48 bits per heavy atom. The van der Waals surface area contributed by atoms with Crippen LogP contribution in [0.15, 0.2) is 0 Å². The van der Waals surface area contributed by atoms with Gasteiger partial charge in [0.25, 0.3) is 0 Å². The molecule has 1 aliphatic carbocycles. The standard InChI is InChI=1S/C17H35N3O/c1-5-7-15(4)19-16(21)12-20(6-2)17(13-18)10-8-14(3)9-11-17/h14-15H,5-13,18H2,1-4H3,(H,19,21). The van der Waals surface area contributed by atoms with E-state index in [4.69, 9.17) is 5.73 Å². The van der Waals surface area contributed by atoms with Gasteiger partial charge in [-0.05, 0) is 51.5 Å². The van der Waals surface area contributed by atoms with Gasteiger partial charge in [0.2, 0.25) is 5.91 Å². The molecule has 0 aromatic rings. The van der Waals surface area contributed by atoms with Gasteiger partial charge in [-0.1, -0.05) is 27.2 Å². The number of amides is 1. The van der Waals surface area contributed by atoms with Crippen molar-refractivity contribution in [3.05, 3.63) is 0 Å². The lowest BCUT2D eigenvalue weighted by atomic mass is 9.76. The fourth-order valence-electron chi connectivity index (χ4n) is 3.56. The van der Waals surface area contributed by atoms with Gasteiger partial charge in [-0.15, -0.1) is 0 Å². The number of nitrogens with zero attached hydrogens (tertiary/aromatic N) is 1. The van der Waals surface area contributed by atoms with E-state index in [1.165, 1.54) is 12.8 Å². The Hall–Kier alpha value is -0.610. The number of nitrogens with one attached hydrogen (secondary N) is 1. The van der Waals surface area contributed by atoms with Crippen LogP contribution in [0.2, 0.25) is 0 Å². The third kappa shape index (κ3) is 5.26. The van der Waals surface area contributed by atoms with Gasteiger partial charge in [-0.3, -0.25) is 9.69 Å². The first-order chi connectivity index (χ1) is 9.97. The summed E-state index contributed by atoms with van der Waals surface area (Å²) in [5.41, 5.74) is 6.15. The van der Waals surface area contributed by atoms with Crippen LogP contribution < -0.4 is 11.1 Å². The number of hydrogen-bond acceptors (Lipinski definition) is 3. The van der Waals surface area contributed by atoms with Crippen LogP contribution in [0.1, 0.15) is 66.2 Å². The van der Waals surface area contributed by atoms with E-state index in [9.17, 15) is 4.79 Å². The molecule has 0 heterocycles. The van der Waals surface area contributed by atoms with E-state index in [-0.39, 0.29) is 17.5 Å². The van der Waals surface area contributed by atoms with E-state index < -0.39 is 0 Å². The molecule has 1 rings (SSSR count). The summed E-state index contributed by atoms with van der Waals surface area (Å²) in [5, 5.41) is 3.11. The predicted octanol–water partition coefficient (Wildman–Crippen LogP) is 2.52. The van der Waals surface area contributed by atoms with Gasteiger partial charge in [0, 0.05) is 18.1 Å². The quantitative estimate of drug-likeness (QED) is 0.724. The van der Waals surface area contributed by atoms with Crippen LogP contribution in [0, 0.1) is 5.92 Å². The second-order valence-corrected chi connectivity index (χ2v) is 6.88. The van der Waals surface area contributed by atoms with E-state index in [1.54, 1.807) is 0 Å². The lowest BCUT2D eigenvalue weighted by Gasteiger charge is -2.46. The Bertz CT molecular complexity index is 311. The molecule has 1 saturated carbocycles. The smallest absolute Gasteiger partial charge is 0.234 e. The first-order valence-electron chi connectivity index (χ1n) is 8.71. The van der Waals surface area contributed by atoms with E-state index in [0.29, 0.717) is 13.1 Å². The van der Waals surface area contributed by atoms with Crippen molar-refractivity contribution in [3.63, 3.8) is 0 Å². The molecule has 21 heavy (non-hydrogen) atoms. The zero-order valence-electron chi connectivity index (χ0n) is 14.5. The highest BCUT2D eigenvalue weighted by molar-refractivity contribution is 5.78. The van der Waals surface area contributed by atoms with Gasteiger partial charge in [-0.2, -0.15) is 0 Å². The Labute approximate surface area is 130 Å². The van der Waals surface area contributed by atoms with Crippen molar-refractivity contribution in [1.29, 1.82) is 0 Å². The molecule has 1 unspecified atom stereocenters. The van der Waals surface area contributed by atoms with Crippen molar-refractivity contribution >= 4 is 5.91 Å². The molecule has 0 radical (unpaired) electrons. The van der Waals surface area contributed by atoms with Crippen LogP contribution in [0.25, 0.3) is 0 Å². The summed E-state index contributed by atoms with van der Waals surface area (Å²) in [6.45, 7) is 10.7. The minimum atomic E-state index is 0.0343. The van der Waals surface area contributed by atoms with Crippen molar-refractivity contribution in [1.82, 2.24) is 10.2 Å². The molecular weight excluding hydrogens is 262 g/mol. The van der Waals surface area contributed by atoms with Gasteiger partial charge >= 0.3 is 0 Å². The zero-order chi connectivity index (χ0) is 15.9. The summed E-state index contributed by atoms with van der Waals surface area (Å²) in [5.74, 6) is 0.936. The summed E-state index contributed by atoms with van der Waals surface area (Å²) in [6.07, 6.45) is 6.83. The topological polar surface area (TPSA) is 58.4 Å². The SMILES string of the molecule is CCCC(C)NC(=O)CN(CC)C1(CN)CCC(C)CC1. The molecule has 1 fully saturated rings. The van der Waals surface area contributed by atoms with Crippen LogP contribution >= 0.6 is 0 Å². The molecule has 1 aliphatic rings. The minimum absolute atomic E-state index is 0.0343. The molecular formula is C17H35N3O. The molecule has 124 valence electrons. The summed E-state index contributed by atoms with van der Waals surface area (Å²) in [4.78, 5) is 14.6. The minimum Gasteiger partial charge on any atom is -0.353 e. The van der Waals surface area contributed by atoms with Crippen LogP contribution in [0.5, 0.6) is 0 Å². The molecule has 0 saturated heterocycles. The molecule has 4 nitrogen and oxygen atoms in total. The maximum Gasteiger partial charge on any atom is 0.234 e. The second kappa shape index (κ2) is 8.74. The molecule has 0 spiro atoms. The normalized spacial score (nSPS) is 27.6. The zero-order valence-corrected chi connectivity index (χ0v) is 14.5. The van der Waals surface area contributed by atoms with Crippen molar-refractivity contribution in [3.8, 4) is 0 Å². The van der Waals surface area contributed by atoms with Crippen molar-refractivity contribution in [2.75, 3.05) is 19.6 Å². The summed E-state index contributed by atoms with van der Waals surface area (Å²) in [6, 6.07) is 0.265. The Morgan fingerprint density at radius 2 is 2.00 bits per heavy atom. The van der Waals surface area contributed by atoms with Crippen LogP contribution in [-0.4, -0.2) is 42.0 Å². The Kier molecular flexibility index (Phi) is 7.67. The van der Waals surface area contributed by atoms with Crippen LogP contribution in [0.4, 0.5) is 0 Å². The largest absolute Gasteiger partial charge is 0.353 e. The van der Waals surface area contributed by atoms with Gasteiger partial charge in [0.05, 0.1) is 6.54 Å². The average Bonchev–Trinajstić information content (AvgIpc) is 2.46. The molecule has 0 aromatic carbocycles. The Balaban J connectivity index is 2.61. The average molecular weight is 297 g/mol. The van der Waals surface area contributed by atoms with Crippen molar-refractivity contribution < 1.29 is 4.79 Å². The molecule has 1 amide bonds. The molecule has 3 N–H and O–H groups in total. The highest BCUT2D eigenvalue weighted by Gasteiger charge is 2.38. The summed E-state index contributed by atoms with van der Waals surface area (Å²) >= 11 is 0. The van der Waals surface area contributed by atoms with Crippen molar-refractivity contribution in [2.24, 2.45) is 11.7 Å². The lowest BCUT2D eigenvalue weighted by Crippen LogP contribution is -2.58. The summed E-state index contributed by atoms with van der Waals surface area (Å²) < 4.78 is 0. The van der Waals surface area contributed by atoms with Gasteiger partial charge < -0.3 is 11.1 Å². The van der Waals surface area contributed by atoms with E-state index in [0.717, 1.165) is 38.1 Å². The molecule has 0 bridgehead atoms. The number of likely N-dealkylation sites (N-methyl/N-ethyl adjacent to an activating group) is 1. The van der Waals surface area contributed by atoms with Crippen LogP contribution in [-0.2, 0) is 4.79 Å². The first kappa shape index (κ1) is 18.4. The second-order valence-electron chi connectivity index (χ2n) is 6.88. The fourth-order valence-corrected chi connectivity index (χ4v) is 3.56. The van der Waals surface area contributed by atoms with Gasteiger partial charge in [0.1, 0.15) is 0 Å². The third-order valence-electron chi connectivity index (χ3n) is 5.10. The molecule has 0 aliphatic heterocycles. The number of carbonyl (C=O) groups excluding carboxylic acids is 1. The highest BCUT2D eigenvalue weighted by atomic mass is 16.2. The molecule has 1 atom stereocenters.